The number of amides is 1. The molecule has 2 heterocycles. The molecule has 0 spiro atoms. The molecule has 13 heteroatoms. The first-order valence-corrected chi connectivity index (χ1v) is 12.8. The number of allylic oxidation sites excluding steroid dienone is 1. The molecular formula is C28H22F3N5O4S. The fourth-order valence-electron chi connectivity index (χ4n) is 3.45. The highest BCUT2D eigenvalue weighted by atomic mass is 32.1. The summed E-state index contributed by atoms with van der Waals surface area (Å²) in [6.45, 7) is 8.50. The fraction of sp³-hybridized carbons (Fsp3) is 0.214. The molecule has 1 aliphatic carbocycles. The highest BCUT2D eigenvalue weighted by molar-refractivity contribution is 7.15. The van der Waals surface area contributed by atoms with E-state index >= 15 is 0 Å². The number of aliphatic imine (C=N–C) groups is 1. The van der Waals surface area contributed by atoms with Gasteiger partial charge >= 0.3 is 6.18 Å². The van der Waals surface area contributed by atoms with Gasteiger partial charge in [-0.15, -0.1) is 10.2 Å². The highest BCUT2D eigenvalue weighted by Gasteiger charge is 2.32. The molecule has 0 radical (unpaired) electrons. The van der Waals surface area contributed by atoms with E-state index in [2.05, 4.69) is 50.5 Å². The number of halogens is 3. The van der Waals surface area contributed by atoms with Crippen molar-refractivity contribution in [1.82, 2.24) is 15.2 Å². The average Bonchev–Trinajstić information content (AvgIpc) is 3.67. The van der Waals surface area contributed by atoms with Gasteiger partial charge in [-0.2, -0.15) is 13.2 Å². The SMILES string of the molecule is C=CN=C(OC(=C)C)C(=O)c1cc(-c2cc(C(F)(F)F)ccc2OC)c(C(=O)Nc2nnc(C#CC3CC3)s2)cn1. The maximum absolute atomic E-state index is 13.6. The van der Waals surface area contributed by atoms with E-state index in [0.29, 0.717) is 10.9 Å². The molecule has 0 bridgehead atoms. The van der Waals surface area contributed by atoms with Gasteiger partial charge < -0.3 is 9.47 Å². The Balaban J connectivity index is 1.80. The van der Waals surface area contributed by atoms with Crippen molar-refractivity contribution < 1.29 is 32.2 Å². The molecule has 0 atom stereocenters. The van der Waals surface area contributed by atoms with Gasteiger partial charge in [0.15, 0.2) is 5.01 Å². The standard InChI is InChI=1S/C28H22F3N5O4S/c1-5-32-26(40-15(2)3)24(37)21-13-18(19-12-17(28(29,30)31)9-10-22(19)39-4)20(14-33-21)25(38)34-27-36-35-23(41-27)11-8-16-6-7-16/h5,9-10,12-14,16H,1-2,6-7H2,3-4H3,(H,34,36,38). The number of anilines is 1. The summed E-state index contributed by atoms with van der Waals surface area (Å²) >= 11 is 1.04. The maximum Gasteiger partial charge on any atom is 0.416 e. The molecule has 0 aliphatic heterocycles. The van der Waals surface area contributed by atoms with Crippen LogP contribution in [0, 0.1) is 17.8 Å². The van der Waals surface area contributed by atoms with Crippen LogP contribution in [-0.2, 0) is 10.9 Å². The Morgan fingerprint density at radius 2 is 1.98 bits per heavy atom. The topological polar surface area (TPSA) is 116 Å². The summed E-state index contributed by atoms with van der Waals surface area (Å²) in [5, 5.41) is 10.9. The molecule has 1 amide bonds. The molecule has 1 N–H and O–H groups in total. The van der Waals surface area contributed by atoms with E-state index in [0.717, 1.165) is 60.8 Å². The van der Waals surface area contributed by atoms with Crippen LogP contribution in [0.4, 0.5) is 18.3 Å². The van der Waals surface area contributed by atoms with Crippen molar-refractivity contribution in [2.24, 2.45) is 10.9 Å². The van der Waals surface area contributed by atoms with Crippen molar-refractivity contribution in [2.75, 3.05) is 12.4 Å². The van der Waals surface area contributed by atoms with Crippen LogP contribution in [-0.4, -0.2) is 39.9 Å². The molecular weight excluding hydrogens is 559 g/mol. The molecule has 1 aliphatic rings. The Hall–Kier alpha value is -4.83. The Labute approximate surface area is 236 Å². The largest absolute Gasteiger partial charge is 0.496 e. The molecule has 2 aromatic heterocycles. The zero-order valence-corrected chi connectivity index (χ0v) is 22.7. The second-order valence-electron chi connectivity index (χ2n) is 8.69. The van der Waals surface area contributed by atoms with Crippen LogP contribution < -0.4 is 10.1 Å². The van der Waals surface area contributed by atoms with Gasteiger partial charge in [0.2, 0.25) is 5.13 Å². The normalized spacial score (nSPS) is 13.0. The first kappa shape index (κ1) is 29.2. The Morgan fingerprint density at radius 1 is 1.22 bits per heavy atom. The Bertz CT molecular complexity index is 1630. The number of aromatic nitrogens is 3. The van der Waals surface area contributed by atoms with Crippen LogP contribution in [0.15, 0.2) is 60.6 Å². The number of pyridine rings is 1. The quantitative estimate of drug-likeness (QED) is 0.116. The number of hydrogen-bond acceptors (Lipinski definition) is 9. The number of benzene rings is 1. The molecule has 3 aromatic rings. The van der Waals surface area contributed by atoms with Crippen molar-refractivity contribution in [3.63, 3.8) is 0 Å². The Kier molecular flexibility index (Phi) is 8.63. The van der Waals surface area contributed by atoms with Gasteiger partial charge in [0.05, 0.1) is 24.0 Å². The third kappa shape index (κ3) is 7.23. The Morgan fingerprint density at radius 3 is 2.61 bits per heavy atom. The minimum Gasteiger partial charge on any atom is -0.496 e. The third-order valence-corrected chi connectivity index (χ3v) is 6.23. The van der Waals surface area contributed by atoms with Gasteiger partial charge in [-0.3, -0.25) is 19.9 Å². The zero-order valence-electron chi connectivity index (χ0n) is 21.8. The predicted octanol–water partition coefficient (Wildman–Crippen LogP) is 5.92. The second kappa shape index (κ2) is 12.1. The summed E-state index contributed by atoms with van der Waals surface area (Å²) in [6.07, 6.45) is -0.511. The van der Waals surface area contributed by atoms with E-state index in [4.69, 9.17) is 9.47 Å². The van der Waals surface area contributed by atoms with Crippen LogP contribution in [0.1, 0.15) is 51.2 Å². The lowest BCUT2D eigenvalue weighted by Gasteiger charge is -2.16. The van der Waals surface area contributed by atoms with Crippen LogP contribution in [0.5, 0.6) is 5.75 Å². The van der Waals surface area contributed by atoms with Gasteiger partial charge in [0.25, 0.3) is 17.6 Å². The van der Waals surface area contributed by atoms with Gasteiger partial charge in [0.1, 0.15) is 11.4 Å². The van der Waals surface area contributed by atoms with E-state index < -0.39 is 29.3 Å². The van der Waals surface area contributed by atoms with Gasteiger partial charge in [-0.05, 0) is 50.0 Å². The van der Waals surface area contributed by atoms with Crippen molar-refractivity contribution in [3.05, 3.63) is 77.4 Å². The number of hydrogen-bond donors (Lipinski definition) is 1. The van der Waals surface area contributed by atoms with Crippen molar-refractivity contribution >= 4 is 34.1 Å². The van der Waals surface area contributed by atoms with E-state index in [1.165, 1.54) is 14.0 Å². The summed E-state index contributed by atoms with van der Waals surface area (Å²) in [5.74, 6) is 4.44. The second-order valence-corrected chi connectivity index (χ2v) is 9.67. The fourth-order valence-corrected chi connectivity index (χ4v) is 4.05. The van der Waals surface area contributed by atoms with Crippen LogP contribution >= 0.6 is 11.3 Å². The van der Waals surface area contributed by atoms with Gasteiger partial charge in [-0.1, -0.05) is 30.4 Å². The third-order valence-electron chi connectivity index (χ3n) is 5.48. The van der Waals surface area contributed by atoms with E-state index in [1.54, 1.807) is 0 Å². The van der Waals surface area contributed by atoms with Crippen LogP contribution in [0.2, 0.25) is 0 Å². The molecule has 1 saturated carbocycles. The van der Waals surface area contributed by atoms with Crippen LogP contribution in [0.3, 0.4) is 0 Å². The van der Waals surface area contributed by atoms with Crippen molar-refractivity contribution in [2.45, 2.75) is 25.9 Å². The number of ether oxygens (including phenoxy) is 2. The number of carbonyl (C=O) groups is 2. The molecule has 1 fully saturated rings. The first-order chi connectivity index (χ1) is 19.5. The molecule has 0 saturated heterocycles. The van der Waals surface area contributed by atoms with Crippen molar-refractivity contribution in [1.29, 1.82) is 0 Å². The summed E-state index contributed by atoms with van der Waals surface area (Å²) in [4.78, 5) is 34.4. The lowest BCUT2D eigenvalue weighted by molar-refractivity contribution is -0.137. The number of methoxy groups -OCH3 is 1. The number of carbonyl (C=O) groups excluding carboxylic acids is 2. The average molecular weight is 582 g/mol. The minimum absolute atomic E-state index is 0.0170. The van der Waals surface area contributed by atoms with E-state index in [9.17, 15) is 22.8 Å². The van der Waals surface area contributed by atoms with Gasteiger partial charge in [-0.25, -0.2) is 4.99 Å². The summed E-state index contributed by atoms with van der Waals surface area (Å²) < 4.78 is 51.5. The summed E-state index contributed by atoms with van der Waals surface area (Å²) in [6, 6.07) is 3.93. The molecule has 0 unspecified atom stereocenters. The van der Waals surface area contributed by atoms with Crippen molar-refractivity contribution in [3.8, 4) is 28.7 Å². The summed E-state index contributed by atoms with van der Waals surface area (Å²) in [7, 11) is 1.26. The lowest BCUT2D eigenvalue weighted by Crippen LogP contribution is -2.20. The number of nitrogens with zero attached hydrogens (tertiary/aromatic N) is 4. The number of alkyl halides is 3. The number of rotatable bonds is 8. The molecule has 9 nitrogen and oxygen atoms in total. The summed E-state index contributed by atoms with van der Waals surface area (Å²) in [5.41, 5.74) is -1.61. The zero-order chi connectivity index (χ0) is 29.7. The van der Waals surface area contributed by atoms with Crippen LogP contribution in [0.25, 0.3) is 11.1 Å². The molecule has 4 rings (SSSR count). The first-order valence-electron chi connectivity index (χ1n) is 12.0. The number of Topliss-reactive ketones (excluding diaryl/α,β-unsaturated/α-hetero) is 1. The molecule has 41 heavy (non-hydrogen) atoms. The highest BCUT2D eigenvalue weighted by Crippen LogP contribution is 2.39. The smallest absolute Gasteiger partial charge is 0.416 e. The maximum atomic E-state index is 13.6. The van der Waals surface area contributed by atoms with E-state index in [1.807, 2.05) is 0 Å². The molecule has 210 valence electrons. The molecule has 1 aromatic carbocycles. The lowest BCUT2D eigenvalue weighted by atomic mass is 9.96. The predicted molar refractivity (Wildman–Crippen MR) is 147 cm³/mol. The number of ketones is 1. The monoisotopic (exact) mass is 581 g/mol. The van der Waals surface area contributed by atoms with E-state index in [-0.39, 0.29) is 39.0 Å². The number of nitrogens with one attached hydrogen (secondary N) is 1. The van der Waals surface area contributed by atoms with Gasteiger partial charge in [0, 0.05) is 29.4 Å². The minimum atomic E-state index is -4.70.